The van der Waals surface area contributed by atoms with Gasteiger partial charge in [0.1, 0.15) is 0 Å². The highest BCUT2D eigenvalue weighted by atomic mass is 127. The molecule has 0 heterocycles. The number of sulfonamides is 1. The SMILES string of the molecule is CCS(=O)(=O)NCCNC(=NC)NC.I. The van der Waals surface area contributed by atoms with E-state index in [9.17, 15) is 8.42 Å². The molecule has 0 bridgehead atoms. The number of nitrogens with one attached hydrogen (secondary N) is 3. The quantitative estimate of drug-likeness (QED) is 0.266. The van der Waals surface area contributed by atoms with Crippen LogP contribution in [-0.2, 0) is 10.0 Å². The van der Waals surface area contributed by atoms with E-state index in [0.29, 0.717) is 19.0 Å². The lowest BCUT2D eigenvalue weighted by atomic mass is 10.6. The fourth-order valence-electron chi connectivity index (χ4n) is 0.769. The third-order valence-corrected chi connectivity index (χ3v) is 2.98. The average Bonchev–Trinajstić information content (AvgIpc) is 2.18. The largest absolute Gasteiger partial charge is 0.359 e. The van der Waals surface area contributed by atoms with Gasteiger partial charge in [-0.15, -0.1) is 24.0 Å². The van der Waals surface area contributed by atoms with E-state index in [4.69, 9.17) is 0 Å². The molecule has 0 aromatic rings. The number of rotatable bonds is 5. The standard InChI is InChI=1S/C7H18N4O2S.HI/c1-4-14(12,13)11-6-5-10-7(8-2)9-3;/h11H,4-6H2,1-3H3,(H2,8,9,10);1H. The number of nitrogens with zero attached hydrogens (tertiary/aromatic N) is 1. The Morgan fingerprint density at radius 1 is 1.33 bits per heavy atom. The minimum absolute atomic E-state index is 0. The summed E-state index contributed by atoms with van der Waals surface area (Å²) in [5, 5.41) is 5.75. The third-order valence-electron chi connectivity index (χ3n) is 1.58. The average molecular weight is 350 g/mol. The van der Waals surface area contributed by atoms with Crippen molar-refractivity contribution in [3.8, 4) is 0 Å². The lowest BCUT2D eigenvalue weighted by Crippen LogP contribution is -2.40. The van der Waals surface area contributed by atoms with Gasteiger partial charge in [-0.1, -0.05) is 0 Å². The van der Waals surface area contributed by atoms with E-state index in [0.717, 1.165) is 0 Å². The number of hydrogen-bond donors (Lipinski definition) is 3. The molecule has 0 aromatic heterocycles. The maximum absolute atomic E-state index is 11.0. The molecule has 0 saturated carbocycles. The summed E-state index contributed by atoms with van der Waals surface area (Å²) in [6, 6.07) is 0. The van der Waals surface area contributed by atoms with Gasteiger partial charge in [-0.3, -0.25) is 4.99 Å². The molecule has 0 radical (unpaired) electrons. The predicted octanol–water partition coefficient (Wildman–Crippen LogP) is -0.661. The fraction of sp³-hybridized carbons (Fsp3) is 0.857. The van der Waals surface area contributed by atoms with Crippen molar-refractivity contribution >= 4 is 40.0 Å². The molecule has 0 amide bonds. The molecular formula is C7H19IN4O2S. The Hall–Kier alpha value is -0.0900. The van der Waals surface area contributed by atoms with Gasteiger partial charge in [0.2, 0.25) is 10.0 Å². The Morgan fingerprint density at radius 2 is 1.93 bits per heavy atom. The Kier molecular flexibility index (Phi) is 10.6. The van der Waals surface area contributed by atoms with E-state index in [-0.39, 0.29) is 29.7 Å². The molecule has 0 unspecified atom stereocenters. The van der Waals surface area contributed by atoms with Gasteiger partial charge in [0.25, 0.3) is 0 Å². The summed E-state index contributed by atoms with van der Waals surface area (Å²) in [7, 11) is 0.308. The van der Waals surface area contributed by atoms with Crippen LogP contribution in [0.15, 0.2) is 4.99 Å². The van der Waals surface area contributed by atoms with Crippen molar-refractivity contribution in [3.05, 3.63) is 0 Å². The van der Waals surface area contributed by atoms with Crippen LogP contribution in [0.2, 0.25) is 0 Å². The third kappa shape index (κ3) is 8.88. The summed E-state index contributed by atoms with van der Waals surface area (Å²) in [5.41, 5.74) is 0. The van der Waals surface area contributed by atoms with Crippen molar-refractivity contribution < 1.29 is 8.42 Å². The fourth-order valence-corrected chi connectivity index (χ4v) is 1.39. The van der Waals surface area contributed by atoms with Crippen molar-refractivity contribution in [2.75, 3.05) is 32.9 Å². The number of aliphatic imine (C=N–C) groups is 1. The minimum atomic E-state index is -3.08. The zero-order valence-electron chi connectivity index (χ0n) is 9.20. The smallest absolute Gasteiger partial charge is 0.211 e. The summed E-state index contributed by atoms with van der Waals surface area (Å²) < 4.78 is 24.4. The van der Waals surface area contributed by atoms with Crippen molar-refractivity contribution in [1.29, 1.82) is 0 Å². The van der Waals surface area contributed by atoms with Crippen molar-refractivity contribution in [2.24, 2.45) is 4.99 Å². The van der Waals surface area contributed by atoms with E-state index in [1.165, 1.54) is 0 Å². The van der Waals surface area contributed by atoms with Crippen LogP contribution in [0.1, 0.15) is 6.92 Å². The van der Waals surface area contributed by atoms with Gasteiger partial charge >= 0.3 is 0 Å². The monoisotopic (exact) mass is 350 g/mol. The molecule has 0 fully saturated rings. The summed E-state index contributed by atoms with van der Waals surface area (Å²) in [4.78, 5) is 3.88. The van der Waals surface area contributed by atoms with Gasteiger partial charge in [-0.2, -0.15) is 0 Å². The molecule has 8 heteroatoms. The van der Waals surface area contributed by atoms with Crippen molar-refractivity contribution in [2.45, 2.75) is 6.92 Å². The van der Waals surface area contributed by atoms with Gasteiger partial charge in [-0.05, 0) is 6.92 Å². The normalized spacial score (nSPS) is 11.8. The second-order valence-electron chi connectivity index (χ2n) is 2.55. The van der Waals surface area contributed by atoms with Crippen LogP contribution >= 0.6 is 24.0 Å². The molecule has 0 aliphatic rings. The molecule has 0 aliphatic carbocycles. The van der Waals surface area contributed by atoms with Crippen molar-refractivity contribution in [1.82, 2.24) is 15.4 Å². The van der Waals surface area contributed by atoms with Crippen LogP contribution in [0.5, 0.6) is 0 Å². The van der Waals surface area contributed by atoms with Gasteiger partial charge in [-0.25, -0.2) is 13.1 Å². The highest BCUT2D eigenvalue weighted by Crippen LogP contribution is 1.79. The topological polar surface area (TPSA) is 82.6 Å². The lowest BCUT2D eigenvalue weighted by Gasteiger charge is -2.08. The lowest BCUT2D eigenvalue weighted by molar-refractivity contribution is 0.582. The molecule has 3 N–H and O–H groups in total. The zero-order chi connectivity index (χ0) is 11.0. The Balaban J connectivity index is 0. The molecule has 0 aliphatic heterocycles. The van der Waals surface area contributed by atoms with Gasteiger partial charge in [0, 0.05) is 27.2 Å². The van der Waals surface area contributed by atoms with E-state index < -0.39 is 10.0 Å². The second-order valence-corrected chi connectivity index (χ2v) is 4.64. The first-order chi connectivity index (χ1) is 6.55. The Bertz CT molecular complexity index is 279. The molecule has 0 spiro atoms. The minimum Gasteiger partial charge on any atom is -0.359 e. The number of guanidine groups is 1. The maximum Gasteiger partial charge on any atom is 0.211 e. The summed E-state index contributed by atoms with van der Waals surface area (Å²) in [5.74, 6) is 0.744. The van der Waals surface area contributed by atoms with E-state index >= 15 is 0 Å². The summed E-state index contributed by atoms with van der Waals surface area (Å²) in [6.07, 6.45) is 0. The van der Waals surface area contributed by atoms with E-state index in [1.54, 1.807) is 21.0 Å². The van der Waals surface area contributed by atoms with Crippen molar-refractivity contribution in [3.63, 3.8) is 0 Å². The van der Waals surface area contributed by atoms with Gasteiger partial charge in [0.05, 0.1) is 5.75 Å². The van der Waals surface area contributed by atoms with Gasteiger partial charge in [0.15, 0.2) is 5.96 Å². The molecule has 15 heavy (non-hydrogen) atoms. The van der Waals surface area contributed by atoms with E-state index in [2.05, 4.69) is 20.3 Å². The Morgan fingerprint density at radius 3 is 2.33 bits per heavy atom. The first kappa shape index (κ1) is 17.3. The van der Waals surface area contributed by atoms with Crippen LogP contribution in [0.4, 0.5) is 0 Å². The van der Waals surface area contributed by atoms with E-state index in [1.807, 2.05) is 0 Å². The molecule has 0 rings (SSSR count). The second kappa shape index (κ2) is 9.16. The summed E-state index contributed by atoms with van der Waals surface area (Å²) in [6.45, 7) is 2.46. The zero-order valence-corrected chi connectivity index (χ0v) is 12.3. The number of halogens is 1. The molecule has 0 atom stereocenters. The Labute approximate surface area is 108 Å². The molecule has 6 nitrogen and oxygen atoms in total. The molecule has 92 valence electrons. The van der Waals surface area contributed by atoms with Crippen LogP contribution < -0.4 is 15.4 Å². The molecular weight excluding hydrogens is 331 g/mol. The van der Waals surface area contributed by atoms with Gasteiger partial charge < -0.3 is 10.6 Å². The van der Waals surface area contributed by atoms with Crippen LogP contribution in [0, 0.1) is 0 Å². The first-order valence-corrected chi connectivity index (χ1v) is 6.06. The van der Waals surface area contributed by atoms with Crippen LogP contribution in [0.25, 0.3) is 0 Å². The van der Waals surface area contributed by atoms with Crippen LogP contribution in [0.3, 0.4) is 0 Å². The molecule has 0 aromatic carbocycles. The highest BCUT2D eigenvalue weighted by Gasteiger charge is 2.04. The predicted molar refractivity (Wildman–Crippen MR) is 73.3 cm³/mol. The highest BCUT2D eigenvalue weighted by molar-refractivity contribution is 14.0. The number of hydrogen-bond acceptors (Lipinski definition) is 3. The first-order valence-electron chi connectivity index (χ1n) is 4.41. The molecule has 0 saturated heterocycles. The van der Waals surface area contributed by atoms with Crippen LogP contribution in [-0.4, -0.2) is 47.3 Å². The summed E-state index contributed by atoms with van der Waals surface area (Å²) >= 11 is 0. The maximum atomic E-state index is 11.0.